The minimum absolute atomic E-state index is 0.312. The van der Waals surface area contributed by atoms with Gasteiger partial charge in [-0.3, -0.25) is 0 Å². The van der Waals surface area contributed by atoms with Crippen molar-refractivity contribution in [2.24, 2.45) is 0 Å². The molecule has 0 unspecified atom stereocenters. The first-order valence-corrected chi connectivity index (χ1v) is 20.3. The van der Waals surface area contributed by atoms with Crippen molar-refractivity contribution in [2.45, 2.75) is 13.8 Å². The van der Waals surface area contributed by atoms with E-state index in [1.165, 1.54) is 78.5 Å². The van der Waals surface area contributed by atoms with E-state index in [0.717, 1.165) is 55.7 Å². The van der Waals surface area contributed by atoms with Gasteiger partial charge in [-0.1, -0.05) is 96.1 Å². The molecule has 11 rings (SSSR count). The van der Waals surface area contributed by atoms with Crippen LogP contribution in [0, 0.1) is 25.5 Å². The molecule has 0 heterocycles. The van der Waals surface area contributed by atoms with Crippen LogP contribution < -0.4 is 9.80 Å². The van der Waals surface area contributed by atoms with Gasteiger partial charge in [0.2, 0.25) is 0 Å². The van der Waals surface area contributed by atoms with Gasteiger partial charge in [0.25, 0.3) is 0 Å². The molecule has 0 fully saturated rings. The molecule has 11 aromatic carbocycles. The third-order valence-corrected chi connectivity index (χ3v) is 12.0. The van der Waals surface area contributed by atoms with Gasteiger partial charge in [-0.2, -0.15) is 0 Å². The van der Waals surface area contributed by atoms with Gasteiger partial charge in [0.1, 0.15) is 11.6 Å². The number of hydrogen-bond donors (Lipinski definition) is 0. The number of nitrogens with zero attached hydrogens (tertiary/aromatic N) is 2. The lowest BCUT2D eigenvalue weighted by molar-refractivity contribution is 0.628. The summed E-state index contributed by atoms with van der Waals surface area (Å²) in [5.41, 5.74) is 8.22. The number of rotatable bonds is 6. The Bertz CT molecular complexity index is 3120. The van der Waals surface area contributed by atoms with Crippen LogP contribution in [-0.4, -0.2) is 0 Å². The van der Waals surface area contributed by atoms with Gasteiger partial charge in [-0.15, -0.1) is 0 Å². The molecule has 2 nitrogen and oxygen atoms in total. The van der Waals surface area contributed by atoms with Crippen molar-refractivity contribution >= 4 is 98.8 Å². The first kappa shape index (κ1) is 35.6. The van der Waals surface area contributed by atoms with Crippen LogP contribution in [0.4, 0.5) is 42.9 Å². The maximum absolute atomic E-state index is 14.2. The maximum Gasteiger partial charge on any atom is 0.123 e. The molecule has 0 radical (unpaired) electrons. The van der Waals surface area contributed by atoms with Gasteiger partial charge >= 0.3 is 0 Å². The minimum Gasteiger partial charge on any atom is -0.310 e. The van der Waals surface area contributed by atoms with E-state index in [-0.39, 0.29) is 11.6 Å². The van der Waals surface area contributed by atoms with Crippen molar-refractivity contribution in [3.05, 3.63) is 217 Å². The largest absolute Gasteiger partial charge is 0.310 e. The summed E-state index contributed by atoms with van der Waals surface area (Å²) in [5.74, 6) is -0.624. The highest BCUT2D eigenvalue weighted by atomic mass is 19.1. The van der Waals surface area contributed by atoms with Gasteiger partial charge in [-0.05, 0) is 188 Å². The zero-order chi connectivity index (χ0) is 40.5. The quantitative estimate of drug-likeness (QED) is 0.123. The number of aryl methyl sites for hydroxylation is 2. The van der Waals surface area contributed by atoms with E-state index in [1.54, 1.807) is 24.3 Å². The fourth-order valence-corrected chi connectivity index (χ4v) is 9.12. The van der Waals surface area contributed by atoms with Gasteiger partial charge < -0.3 is 9.80 Å². The highest BCUT2D eigenvalue weighted by Gasteiger charge is 2.19. The highest BCUT2D eigenvalue weighted by Crippen LogP contribution is 2.46. The van der Waals surface area contributed by atoms with Gasteiger partial charge in [0.15, 0.2) is 0 Å². The van der Waals surface area contributed by atoms with E-state index in [0.29, 0.717) is 0 Å². The van der Waals surface area contributed by atoms with Crippen LogP contribution in [0.15, 0.2) is 194 Å². The third-order valence-electron chi connectivity index (χ3n) is 12.0. The Morgan fingerprint density at radius 2 is 0.500 bits per heavy atom. The zero-order valence-corrected chi connectivity index (χ0v) is 33.1. The van der Waals surface area contributed by atoms with Crippen molar-refractivity contribution in [2.75, 3.05) is 9.80 Å². The average Bonchev–Trinajstić information content (AvgIpc) is 3.29. The van der Waals surface area contributed by atoms with E-state index in [2.05, 4.69) is 164 Å². The molecule has 60 heavy (non-hydrogen) atoms. The Kier molecular flexibility index (Phi) is 8.35. The Balaban J connectivity index is 1.16. The molecule has 0 spiro atoms. The molecule has 0 aliphatic rings. The van der Waals surface area contributed by atoms with Gasteiger partial charge in [0, 0.05) is 34.1 Å². The summed E-state index contributed by atoms with van der Waals surface area (Å²) < 4.78 is 28.3. The summed E-state index contributed by atoms with van der Waals surface area (Å²) in [6, 6.07) is 66.0. The maximum atomic E-state index is 14.2. The zero-order valence-electron chi connectivity index (χ0n) is 33.1. The summed E-state index contributed by atoms with van der Waals surface area (Å²) in [6.07, 6.45) is 0. The molecule has 11 aromatic rings. The molecule has 0 saturated heterocycles. The molecule has 0 saturated carbocycles. The molecule has 0 bridgehead atoms. The van der Waals surface area contributed by atoms with E-state index in [1.807, 2.05) is 4.90 Å². The SMILES string of the molecule is Cc1ccc(N(c2ccc(C)cc2)c2ccc3c(c2)c2ccccc2c2cc4c5ccc(N(c6ccc(F)cc6)c6ccc(F)cc6)cc5c5ccccc5c4cc32)cc1. The molecule has 0 aromatic heterocycles. The monoisotopic (exact) mass is 776 g/mol. The summed E-state index contributed by atoms with van der Waals surface area (Å²) in [4.78, 5) is 4.39. The smallest absolute Gasteiger partial charge is 0.123 e. The Labute approximate surface area is 346 Å². The topological polar surface area (TPSA) is 6.48 Å². The lowest BCUT2D eigenvalue weighted by Gasteiger charge is -2.26. The van der Waals surface area contributed by atoms with Gasteiger partial charge in [0.05, 0.1) is 0 Å². The summed E-state index contributed by atoms with van der Waals surface area (Å²) in [6.45, 7) is 4.25. The van der Waals surface area contributed by atoms with Crippen molar-refractivity contribution in [3.63, 3.8) is 0 Å². The molecule has 286 valence electrons. The standard InChI is InChI=1S/C56H38F2N2/c1-35-11-19-39(20-12-35)59(40-21-13-36(2)14-22-40)43-27-29-49-51(31-43)45-7-3-5-9-47(45)53-34-56-50-30-28-44(32-52(50)46-8-4-6-10-48(46)54(56)33-55(49)53)60(41-23-15-37(57)16-24-41)42-25-17-38(58)18-26-42/h3-34H,1-2H3. The van der Waals surface area contributed by atoms with Crippen LogP contribution in [0.5, 0.6) is 0 Å². The summed E-state index contributed by atoms with van der Waals surface area (Å²) >= 11 is 0. The second-order valence-corrected chi connectivity index (χ2v) is 15.8. The predicted octanol–water partition coefficient (Wildman–Crippen LogP) is 16.4. The van der Waals surface area contributed by atoms with Crippen molar-refractivity contribution < 1.29 is 8.78 Å². The minimum atomic E-state index is -0.312. The molecule has 0 N–H and O–H groups in total. The lowest BCUT2D eigenvalue weighted by Crippen LogP contribution is -2.10. The lowest BCUT2D eigenvalue weighted by atomic mass is 9.88. The normalized spacial score (nSPS) is 11.7. The second kappa shape index (κ2) is 14.1. The summed E-state index contributed by atoms with van der Waals surface area (Å²) in [5, 5.41) is 14.1. The fourth-order valence-electron chi connectivity index (χ4n) is 9.12. The number of hydrogen-bond acceptors (Lipinski definition) is 2. The molecule has 0 aliphatic carbocycles. The van der Waals surface area contributed by atoms with Crippen molar-refractivity contribution in [1.82, 2.24) is 0 Å². The number of fused-ring (bicyclic) bond motifs is 12. The fraction of sp³-hybridized carbons (Fsp3) is 0.0357. The first-order chi connectivity index (χ1) is 29.4. The van der Waals surface area contributed by atoms with Crippen LogP contribution >= 0.6 is 0 Å². The van der Waals surface area contributed by atoms with Gasteiger partial charge in [-0.25, -0.2) is 8.78 Å². The van der Waals surface area contributed by atoms with Crippen molar-refractivity contribution in [3.8, 4) is 0 Å². The third kappa shape index (κ3) is 5.91. The molecular weight excluding hydrogens is 739 g/mol. The van der Waals surface area contributed by atoms with Crippen LogP contribution in [0.25, 0.3) is 64.6 Å². The summed E-state index contributed by atoms with van der Waals surface area (Å²) in [7, 11) is 0. The molecule has 4 heteroatoms. The molecule has 0 amide bonds. The second-order valence-electron chi connectivity index (χ2n) is 15.8. The predicted molar refractivity (Wildman–Crippen MR) is 250 cm³/mol. The number of benzene rings is 11. The highest BCUT2D eigenvalue weighted by molar-refractivity contribution is 6.33. The molecular formula is C56H38F2N2. The van der Waals surface area contributed by atoms with E-state index >= 15 is 0 Å². The van der Waals surface area contributed by atoms with Crippen LogP contribution in [0.1, 0.15) is 11.1 Å². The van der Waals surface area contributed by atoms with E-state index < -0.39 is 0 Å². The first-order valence-electron chi connectivity index (χ1n) is 20.3. The van der Waals surface area contributed by atoms with Crippen LogP contribution in [-0.2, 0) is 0 Å². The average molecular weight is 777 g/mol. The van der Waals surface area contributed by atoms with Crippen LogP contribution in [0.3, 0.4) is 0 Å². The van der Waals surface area contributed by atoms with Crippen molar-refractivity contribution in [1.29, 1.82) is 0 Å². The molecule has 0 aliphatic heterocycles. The van der Waals surface area contributed by atoms with E-state index in [9.17, 15) is 8.78 Å². The molecule has 0 atom stereocenters. The van der Waals surface area contributed by atoms with Crippen LogP contribution in [0.2, 0.25) is 0 Å². The Morgan fingerprint density at radius 3 is 0.817 bits per heavy atom. The number of halogens is 2. The van der Waals surface area contributed by atoms with E-state index in [4.69, 9.17) is 0 Å². The Hall–Kier alpha value is -7.56. The number of anilines is 6. The Morgan fingerprint density at radius 1 is 0.250 bits per heavy atom.